The van der Waals surface area contributed by atoms with E-state index < -0.39 is 0 Å². The van der Waals surface area contributed by atoms with Gasteiger partial charge in [-0.3, -0.25) is 9.98 Å². The van der Waals surface area contributed by atoms with E-state index in [1.807, 2.05) is 6.07 Å². The van der Waals surface area contributed by atoms with Crippen LogP contribution in [0.3, 0.4) is 0 Å². The fourth-order valence-corrected chi connectivity index (χ4v) is 3.78. The van der Waals surface area contributed by atoms with E-state index in [0.29, 0.717) is 0 Å². The first-order chi connectivity index (χ1) is 14.6. The maximum atomic E-state index is 5.13. The summed E-state index contributed by atoms with van der Waals surface area (Å²) in [6.07, 6.45) is 12.1. The van der Waals surface area contributed by atoms with Crippen molar-refractivity contribution in [1.29, 1.82) is 0 Å². The van der Waals surface area contributed by atoms with Crippen molar-refractivity contribution < 1.29 is 0 Å². The predicted octanol–water partition coefficient (Wildman–Crippen LogP) is 9.09. The summed E-state index contributed by atoms with van der Waals surface area (Å²) in [7, 11) is 0. The molecule has 0 spiro atoms. The summed E-state index contributed by atoms with van der Waals surface area (Å²) in [5.41, 5.74) is 6.95. The minimum Gasteiger partial charge on any atom is -0.252 e. The molecule has 0 aromatic heterocycles. The summed E-state index contributed by atoms with van der Waals surface area (Å²) < 4.78 is 0. The molecule has 0 aliphatic carbocycles. The van der Waals surface area contributed by atoms with E-state index >= 15 is 0 Å². The molecule has 162 valence electrons. The molecule has 0 heterocycles. The second-order valence-electron chi connectivity index (χ2n) is 8.42. The van der Waals surface area contributed by atoms with Crippen LogP contribution in [-0.2, 0) is 0 Å². The first-order valence-corrected chi connectivity index (χ1v) is 11.9. The maximum Gasteiger partial charge on any atom is 0.0639 e. The van der Waals surface area contributed by atoms with Gasteiger partial charge in [0.15, 0.2) is 0 Å². The molecular formula is C28H40N2. The third-order valence-corrected chi connectivity index (χ3v) is 5.36. The molecular weight excluding hydrogens is 364 g/mol. The number of benzene rings is 2. The molecule has 0 aliphatic heterocycles. The van der Waals surface area contributed by atoms with Crippen LogP contribution in [0.1, 0.15) is 89.2 Å². The lowest BCUT2D eigenvalue weighted by Crippen LogP contribution is -2.14. The molecule has 0 saturated carbocycles. The molecule has 0 N–H and O–H groups in total. The highest BCUT2D eigenvalue weighted by molar-refractivity contribution is 6.43. The Kier molecular flexibility index (Phi) is 11.1. The van der Waals surface area contributed by atoms with Gasteiger partial charge in [-0.05, 0) is 74.9 Å². The van der Waals surface area contributed by atoms with Gasteiger partial charge in [-0.15, -0.1) is 0 Å². The largest absolute Gasteiger partial charge is 0.252 e. The van der Waals surface area contributed by atoms with E-state index in [4.69, 9.17) is 9.98 Å². The zero-order valence-electron chi connectivity index (χ0n) is 19.6. The maximum absolute atomic E-state index is 5.13. The molecule has 0 saturated heterocycles. The Morgan fingerprint density at radius 1 is 0.600 bits per heavy atom. The number of hydrogen-bond donors (Lipinski definition) is 0. The first-order valence-electron chi connectivity index (χ1n) is 11.9. The number of aryl methyl sites for hydroxylation is 2. The van der Waals surface area contributed by atoms with E-state index in [2.05, 4.69) is 70.2 Å². The summed E-state index contributed by atoms with van der Waals surface area (Å²) in [6.45, 7) is 8.81. The van der Waals surface area contributed by atoms with Crippen LogP contribution in [0.2, 0.25) is 0 Å². The topological polar surface area (TPSA) is 24.7 Å². The average molecular weight is 405 g/mol. The SMILES string of the molecule is CCCCCCCCC(=Nc1ccccc1)C(CCCC)=Nc1cc(C)cc(C)c1. The minimum atomic E-state index is 0.991. The Morgan fingerprint density at radius 2 is 1.13 bits per heavy atom. The van der Waals surface area contributed by atoms with Gasteiger partial charge in [-0.1, -0.05) is 76.6 Å². The van der Waals surface area contributed by atoms with E-state index in [1.165, 1.54) is 67.5 Å². The third kappa shape index (κ3) is 9.07. The van der Waals surface area contributed by atoms with Gasteiger partial charge in [-0.2, -0.15) is 0 Å². The molecule has 2 rings (SSSR count). The van der Waals surface area contributed by atoms with Crippen molar-refractivity contribution in [2.24, 2.45) is 9.98 Å². The van der Waals surface area contributed by atoms with Gasteiger partial charge in [0, 0.05) is 0 Å². The highest BCUT2D eigenvalue weighted by Gasteiger charge is 2.11. The lowest BCUT2D eigenvalue weighted by Gasteiger charge is -2.12. The van der Waals surface area contributed by atoms with Crippen LogP contribution in [0.25, 0.3) is 0 Å². The molecule has 2 heteroatoms. The van der Waals surface area contributed by atoms with Gasteiger partial charge in [0.25, 0.3) is 0 Å². The molecule has 2 nitrogen and oxygen atoms in total. The average Bonchev–Trinajstić information content (AvgIpc) is 2.73. The third-order valence-electron chi connectivity index (χ3n) is 5.36. The zero-order chi connectivity index (χ0) is 21.6. The van der Waals surface area contributed by atoms with E-state index in [-0.39, 0.29) is 0 Å². The molecule has 0 fully saturated rings. The number of unbranched alkanes of at least 4 members (excludes halogenated alkanes) is 6. The summed E-state index contributed by atoms with van der Waals surface area (Å²) in [6, 6.07) is 16.9. The summed E-state index contributed by atoms with van der Waals surface area (Å²) >= 11 is 0. The normalized spacial score (nSPS) is 12.4. The fraction of sp³-hybridized carbons (Fsp3) is 0.500. The van der Waals surface area contributed by atoms with Crippen molar-refractivity contribution >= 4 is 22.8 Å². The van der Waals surface area contributed by atoms with Crippen molar-refractivity contribution in [2.45, 2.75) is 91.9 Å². The molecule has 2 aromatic carbocycles. The molecule has 2 aromatic rings. The predicted molar refractivity (Wildman–Crippen MR) is 134 cm³/mol. The zero-order valence-corrected chi connectivity index (χ0v) is 19.6. The van der Waals surface area contributed by atoms with Gasteiger partial charge in [-0.25, -0.2) is 0 Å². The van der Waals surface area contributed by atoms with Gasteiger partial charge in [0.2, 0.25) is 0 Å². The Morgan fingerprint density at radius 3 is 1.77 bits per heavy atom. The Balaban J connectivity index is 2.29. The van der Waals surface area contributed by atoms with Crippen molar-refractivity contribution in [3.05, 3.63) is 59.7 Å². The molecule has 0 atom stereocenters. The van der Waals surface area contributed by atoms with Crippen molar-refractivity contribution in [3.63, 3.8) is 0 Å². The second kappa shape index (κ2) is 13.9. The smallest absolute Gasteiger partial charge is 0.0639 e. The first kappa shape index (κ1) is 24.1. The molecule has 0 amide bonds. The van der Waals surface area contributed by atoms with Crippen LogP contribution in [0.5, 0.6) is 0 Å². The van der Waals surface area contributed by atoms with E-state index in [1.54, 1.807) is 0 Å². The fourth-order valence-electron chi connectivity index (χ4n) is 3.78. The lowest BCUT2D eigenvalue weighted by atomic mass is 10.0. The Bertz CT molecular complexity index is 782. The number of aliphatic imine (C=N–C) groups is 2. The molecule has 0 bridgehead atoms. The van der Waals surface area contributed by atoms with Gasteiger partial charge in [0.05, 0.1) is 22.8 Å². The second-order valence-corrected chi connectivity index (χ2v) is 8.42. The summed E-state index contributed by atoms with van der Waals surface area (Å²) in [5, 5.41) is 0. The molecule has 30 heavy (non-hydrogen) atoms. The quantitative estimate of drug-likeness (QED) is 0.235. The number of para-hydroxylation sites is 1. The highest BCUT2D eigenvalue weighted by atomic mass is 14.8. The number of rotatable bonds is 13. The monoisotopic (exact) mass is 404 g/mol. The van der Waals surface area contributed by atoms with Crippen LogP contribution < -0.4 is 0 Å². The van der Waals surface area contributed by atoms with Crippen molar-refractivity contribution in [2.75, 3.05) is 0 Å². The van der Waals surface area contributed by atoms with Crippen LogP contribution >= 0.6 is 0 Å². The number of hydrogen-bond acceptors (Lipinski definition) is 2. The van der Waals surface area contributed by atoms with Gasteiger partial charge < -0.3 is 0 Å². The van der Waals surface area contributed by atoms with Crippen molar-refractivity contribution in [3.8, 4) is 0 Å². The van der Waals surface area contributed by atoms with Crippen LogP contribution in [0.15, 0.2) is 58.5 Å². The van der Waals surface area contributed by atoms with Crippen LogP contribution in [0, 0.1) is 13.8 Å². The van der Waals surface area contributed by atoms with E-state index in [9.17, 15) is 0 Å². The standard InChI is InChI=1S/C28H40N2/c1-5-7-9-10-11-15-19-28(29-25-16-13-12-14-17-25)27(18-8-6-2)30-26-21-23(3)20-24(4)22-26/h12-14,16-17,20-22H,5-11,15,18-19H2,1-4H3. The number of nitrogens with zero attached hydrogens (tertiary/aromatic N) is 2. The van der Waals surface area contributed by atoms with Gasteiger partial charge >= 0.3 is 0 Å². The summed E-state index contributed by atoms with van der Waals surface area (Å²) in [5.74, 6) is 0. The summed E-state index contributed by atoms with van der Waals surface area (Å²) in [4.78, 5) is 10.2. The minimum absolute atomic E-state index is 0.991. The molecule has 0 unspecified atom stereocenters. The molecule has 0 radical (unpaired) electrons. The lowest BCUT2D eigenvalue weighted by molar-refractivity contribution is 0.616. The van der Waals surface area contributed by atoms with Crippen molar-refractivity contribution in [1.82, 2.24) is 0 Å². The Hall–Kier alpha value is -2.22. The van der Waals surface area contributed by atoms with Crippen LogP contribution in [0.4, 0.5) is 11.4 Å². The highest BCUT2D eigenvalue weighted by Crippen LogP contribution is 2.21. The van der Waals surface area contributed by atoms with E-state index in [0.717, 1.165) is 30.6 Å². The Labute approximate surface area is 184 Å². The molecule has 0 aliphatic rings. The van der Waals surface area contributed by atoms with Crippen LogP contribution in [-0.4, -0.2) is 11.4 Å². The van der Waals surface area contributed by atoms with Gasteiger partial charge in [0.1, 0.15) is 0 Å².